The van der Waals surface area contributed by atoms with Gasteiger partial charge in [-0.05, 0) is 45.7 Å². The van der Waals surface area contributed by atoms with Crippen LogP contribution in [0.15, 0.2) is 5.16 Å². The maximum absolute atomic E-state index is 12.9. The highest BCUT2D eigenvalue weighted by atomic mass is 16.4. The van der Waals surface area contributed by atoms with Gasteiger partial charge in [-0.15, -0.1) is 0 Å². The van der Waals surface area contributed by atoms with E-state index in [4.69, 9.17) is 10.9 Å². The van der Waals surface area contributed by atoms with Gasteiger partial charge in [-0.3, -0.25) is 4.79 Å². The zero-order valence-corrected chi connectivity index (χ0v) is 12.7. The summed E-state index contributed by atoms with van der Waals surface area (Å²) in [6.07, 6.45) is 3.44. The van der Waals surface area contributed by atoms with Gasteiger partial charge < -0.3 is 20.7 Å². The Bertz CT molecular complexity index is 402. The first-order valence-electron chi connectivity index (χ1n) is 7.34. The molecule has 114 valence electrons. The lowest BCUT2D eigenvalue weighted by molar-refractivity contribution is -0.145. The molecule has 1 aliphatic heterocycles. The maximum atomic E-state index is 12.9. The Morgan fingerprint density at radius 3 is 2.65 bits per heavy atom. The van der Waals surface area contributed by atoms with Crippen LogP contribution >= 0.6 is 0 Å². The molecule has 20 heavy (non-hydrogen) atoms. The lowest BCUT2D eigenvalue weighted by Gasteiger charge is -2.46. The van der Waals surface area contributed by atoms with Crippen molar-refractivity contribution in [3.63, 3.8) is 0 Å². The Hall–Kier alpha value is -1.30. The fourth-order valence-electron chi connectivity index (χ4n) is 3.71. The smallest absolute Gasteiger partial charge is 0.236 e. The van der Waals surface area contributed by atoms with Crippen LogP contribution in [0.25, 0.3) is 0 Å². The predicted octanol–water partition coefficient (Wildman–Crippen LogP) is 0.702. The third kappa shape index (κ3) is 2.49. The van der Waals surface area contributed by atoms with Gasteiger partial charge >= 0.3 is 0 Å². The van der Waals surface area contributed by atoms with Gasteiger partial charge in [-0.1, -0.05) is 12.1 Å². The first-order valence-corrected chi connectivity index (χ1v) is 7.34. The number of carbonyl (C=O) groups is 1. The molecule has 1 aliphatic carbocycles. The molecule has 0 aromatic rings. The number of hydrogen-bond acceptors (Lipinski definition) is 4. The van der Waals surface area contributed by atoms with E-state index >= 15 is 0 Å². The minimum Gasteiger partial charge on any atom is -0.409 e. The standard InChI is InChI=1S/C14H26N4O2/c1-10-7-14(8-10,12(15)16-20)13(19)18-6-4-5-11(18)9-17(2)3/h10-11,20H,4-9H2,1-3H3,(H2,15,16). The molecule has 2 rings (SSSR count). The highest BCUT2D eigenvalue weighted by molar-refractivity contribution is 6.07. The Balaban J connectivity index is 2.16. The van der Waals surface area contributed by atoms with Crippen molar-refractivity contribution in [3.05, 3.63) is 0 Å². The zero-order valence-electron chi connectivity index (χ0n) is 12.7. The summed E-state index contributed by atoms with van der Waals surface area (Å²) in [6, 6.07) is 0.247. The molecule has 0 aromatic heterocycles. The van der Waals surface area contributed by atoms with Crippen molar-refractivity contribution >= 4 is 11.7 Å². The van der Waals surface area contributed by atoms with Crippen LogP contribution in [0.3, 0.4) is 0 Å². The minimum atomic E-state index is -0.761. The lowest BCUT2D eigenvalue weighted by atomic mass is 9.61. The van der Waals surface area contributed by atoms with Crippen molar-refractivity contribution < 1.29 is 10.0 Å². The molecule has 6 heteroatoms. The van der Waals surface area contributed by atoms with E-state index in [0.29, 0.717) is 18.8 Å². The molecule has 1 unspecified atom stereocenters. The van der Waals surface area contributed by atoms with Crippen LogP contribution < -0.4 is 5.73 Å². The molecule has 2 fully saturated rings. The summed E-state index contributed by atoms with van der Waals surface area (Å²) in [4.78, 5) is 17.0. The minimum absolute atomic E-state index is 0.0512. The van der Waals surface area contributed by atoms with E-state index in [2.05, 4.69) is 17.0 Å². The predicted molar refractivity (Wildman–Crippen MR) is 77.5 cm³/mol. The largest absolute Gasteiger partial charge is 0.409 e. The fraction of sp³-hybridized carbons (Fsp3) is 0.857. The molecule has 0 spiro atoms. The van der Waals surface area contributed by atoms with Crippen LogP contribution in [-0.4, -0.2) is 60.0 Å². The van der Waals surface area contributed by atoms with E-state index in [1.165, 1.54) is 0 Å². The van der Waals surface area contributed by atoms with Crippen molar-refractivity contribution in [3.8, 4) is 0 Å². The van der Waals surface area contributed by atoms with Crippen molar-refractivity contribution in [1.82, 2.24) is 9.80 Å². The Morgan fingerprint density at radius 2 is 2.15 bits per heavy atom. The summed E-state index contributed by atoms with van der Waals surface area (Å²) in [5.41, 5.74) is 5.07. The van der Waals surface area contributed by atoms with Gasteiger partial charge in [0.15, 0.2) is 5.84 Å². The molecule has 6 nitrogen and oxygen atoms in total. The molecule has 0 bridgehead atoms. The third-order valence-electron chi connectivity index (χ3n) is 4.62. The van der Waals surface area contributed by atoms with Crippen LogP contribution in [0, 0.1) is 11.3 Å². The molecule has 1 amide bonds. The summed E-state index contributed by atoms with van der Waals surface area (Å²) in [5.74, 6) is 0.584. The third-order valence-corrected chi connectivity index (χ3v) is 4.62. The van der Waals surface area contributed by atoms with E-state index in [9.17, 15) is 4.79 Å². The zero-order chi connectivity index (χ0) is 14.9. The number of hydrogen-bond donors (Lipinski definition) is 2. The SMILES string of the molecule is CC1CC(C(=O)N2CCCC2CN(C)C)(C(N)=NO)C1. The molecule has 2 aliphatic rings. The second-order valence-corrected chi connectivity index (χ2v) is 6.64. The van der Waals surface area contributed by atoms with E-state index in [0.717, 1.165) is 25.9 Å². The van der Waals surface area contributed by atoms with Crippen LogP contribution in [0.5, 0.6) is 0 Å². The van der Waals surface area contributed by atoms with Gasteiger partial charge in [0.2, 0.25) is 5.91 Å². The van der Waals surface area contributed by atoms with Crippen LogP contribution in [0.4, 0.5) is 0 Å². The van der Waals surface area contributed by atoms with Crippen LogP contribution in [-0.2, 0) is 4.79 Å². The monoisotopic (exact) mass is 282 g/mol. The Morgan fingerprint density at radius 1 is 1.50 bits per heavy atom. The highest BCUT2D eigenvalue weighted by Crippen LogP contribution is 2.47. The maximum Gasteiger partial charge on any atom is 0.236 e. The van der Waals surface area contributed by atoms with Crippen molar-refractivity contribution in [2.24, 2.45) is 22.2 Å². The van der Waals surface area contributed by atoms with E-state index in [-0.39, 0.29) is 17.8 Å². The summed E-state index contributed by atoms with van der Waals surface area (Å²) < 4.78 is 0. The van der Waals surface area contributed by atoms with Gasteiger partial charge in [0, 0.05) is 19.1 Å². The fourth-order valence-corrected chi connectivity index (χ4v) is 3.71. The Kier molecular flexibility index (Phi) is 4.22. The lowest BCUT2D eigenvalue weighted by Crippen LogP contribution is -2.59. The van der Waals surface area contributed by atoms with Gasteiger partial charge in [-0.25, -0.2) is 0 Å². The Labute approximate surface area is 120 Å². The highest BCUT2D eigenvalue weighted by Gasteiger charge is 2.54. The number of amidine groups is 1. The molecule has 1 saturated heterocycles. The normalized spacial score (nSPS) is 34.4. The van der Waals surface area contributed by atoms with Crippen LogP contribution in [0.1, 0.15) is 32.6 Å². The number of likely N-dealkylation sites (tertiary alicyclic amines) is 1. The van der Waals surface area contributed by atoms with E-state index in [1.54, 1.807) is 0 Å². The van der Waals surface area contributed by atoms with Gasteiger partial charge in [0.05, 0.1) is 0 Å². The van der Waals surface area contributed by atoms with Crippen molar-refractivity contribution in [1.29, 1.82) is 0 Å². The molecule has 1 atom stereocenters. The number of likely N-dealkylation sites (N-methyl/N-ethyl adjacent to an activating group) is 1. The molecule has 1 saturated carbocycles. The topological polar surface area (TPSA) is 82.2 Å². The average Bonchev–Trinajstić information content (AvgIpc) is 2.80. The van der Waals surface area contributed by atoms with Gasteiger partial charge in [-0.2, -0.15) is 0 Å². The molecule has 0 aromatic carbocycles. The van der Waals surface area contributed by atoms with E-state index in [1.807, 2.05) is 19.0 Å². The summed E-state index contributed by atoms with van der Waals surface area (Å²) >= 11 is 0. The average molecular weight is 282 g/mol. The second kappa shape index (κ2) is 5.60. The molecule has 3 N–H and O–H groups in total. The first-order chi connectivity index (χ1) is 9.40. The van der Waals surface area contributed by atoms with Gasteiger partial charge in [0.25, 0.3) is 0 Å². The number of amides is 1. The quantitative estimate of drug-likeness (QED) is 0.344. The molecule has 1 heterocycles. The summed E-state index contributed by atoms with van der Waals surface area (Å²) in [5, 5.41) is 12.1. The van der Waals surface area contributed by atoms with Gasteiger partial charge in [0.1, 0.15) is 5.41 Å². The number of rotatable bonds is 4. The number of carbonyl (C=O) groups excluding carboxylic acids is 1. The number of oxime groups is 1. The molecule has 0 radical (unpaired) electrons. The van der Waals surface area contributed by atoms with Crippen molar-refractivity contribution in [2.75, 3.05) is 27.2 Å². The first kappa shape index (κ1) is 15.1. The summed E-state index contributed by atoms with van der Waals surface area (Å²) in [7, 11) is 4.04. The number of nitrogens with zero attached hydrogens (tertiary/aromatic N) is 3. The van der Waals surface area contributed by atoms with E-state index < -0.39 is 5.41 Å². The number of nitrogens with two attached hydrogens (primary N) is 1. The summed E-state index contributed by atoms with van der Waals surface area (Å²) in [6.45, 7) is 3.75. The molecular formula is C14H26N4O2. The second-order valence-electron chi connectivity index (χ2n) is 6.64. The van der Waals surface area contributed by atoms with Crippen LogP contribution in [0.2, 0.25) is 0 Å². The van der Waals surface area contributed by atoms with Crippen molar-refractivity contribution in [2.45, 2.75) is 38.6 Å². The molecular weight excluding hydrogens is 256 g/mol.